The highest BCUT2D eigenvalue weighted by Crippen LogP contribution is 2.28. The van der Waals surface area contributed by atoms with Crippen LogP contribution in [0.5, 0.6) is 5.75 Å². The highest BCUT2D eigenvalue weighted by atomic mass is 16.5. The predicted molar refractivity (Wildman–Crippen MR) is 106 cm³/mol. The molecule has 0 spiro atoms. The number of amides is 1. The van der Waals surface area contributed by atoms with Crippen LogP contribution in [0.15, 0.2) is 48.3 Å². The molecule has 1 aromatic heterocycles. The Morgan fingerprint density at radius 3 is 2.67 bits per heavy atom. The number of carbonyl (C=O) groups is 1. The number of carbonyl (C=O) groups excluding carboxylic acids is 1. The Labute approximate surface area is 160 Å². The Hall–Kier alpha value is -3.00. The van der Waals surface area contributed by atoms with Gasteiger partial charge in [0.05, 0.1) is 6.61 Å². The van der Waals surface area contributed by atoms with Crippen LogP contribution in [0.4, 0.5) is 5.69 Å². The van der Waals surface area contributed by atoms with Crippen molar-refractivity contribution in [1.82, 2.24) is 4.57 Å². The van der Waals surface area contributed by atoms with Gasteiger partial charge in [-0.15, -0.1) is 0 Å². The third-order valence-corrected chi connectivity index (χ3v) is 4.83. The number of anilines is 1. The summed E-state index contributed by atoms with van der Waals surface area (Å²) in [5.74, 6) is 0.336. The lowest BCUT2D eigenvalue weighted by Gasteiger charge is -2.23. The maximum atomic E-state index is 12.4. The van der Waals surface area contributed by atoms with Gasteiger partial charge in [-0.25, -0.2) is 0 Å². The summed E-state index contributed by atoms with van der Waals surface area (Å²) in [5.41, 5.74) is 1.59. The highest BCUT2D eigenvalue weighted by Gasteiger charge is 2.15. The van der Waals surface area contributed by atoms with Crippen LogP contribution in [-0.4, -0.2) is 17.1 Å². The van der Waals surface area contributed by atoms with E-state index in [4.69, 9.17) is 4.74 Å². The summed E-state index contributed by atoms with van der Waals surface area (Å²) in [6.45, 7) is 2.51. The molecule has 1 heterocycles. The minimum atomic E-state index is -0.410. The SMILES string of the molecule is CCOc1ccc(NC(=O)/C(C#N)=C/c2ccn(C3CCCCC3)c2)cc1. The lowest BCUT2D eigenvalue weighted by atomic mass is 9.95. The Morgan fingerprint density at radius 1 is 1.26 bits per heavy atom. The van der Waals surface area contributed by atoms with E-state index in [1.807, 2.05) is 31.5 Å². The first kappa shape index (κ1) is 18.8. The van der Waals surface area contributed by atoms with Gasteiger partial charge in [0, 0.05) is 24.1 Å². The van der Waals surface area contributed by atoms with Crippen molar-refractivity contribution in [3.63, 3.8) is 0 Å². The lowest BCUT2D eigenvalue weighted by Crippen LogP contribution is -2.13. The third-order valence-electron chi connectivity index (χ3n) is 4.83. The molecule has 2 aromatic rings. The molecular weight excluding hydrogens is 338 g/mol. The largest absolute Gasteiger partial charge is 0.494 e. The monoisotopic (exact) mass is 363 g/mol. The Morgan fingerprint density at radius 2 is 2.00 bits per heavy atom. The molecule has 5 nitrogen and oxygen atoms in total. The Bertz CT molecular complexity index is 837. The molecule has 0 unspecified atom stereocenters. The van der Waals surface area contributed by atoms with Gasteiger partial charge in [0.1, 0.15) is 17.4 Å². The van der Waals surface area contributed by atoms with Crippen molar-refractivity contribution in [2.45, 2.75) is 45.1 Å². The number of ether oxygens (including phenoxy) is 1. The van der Waals surface area contributed by atoms with Crippen LogP contribution < -0.4 is 10.1 Å². The number of nitrogens with one attached hydrogen (secondary N) is 1. The second-order valence-corrected chi connectivity index (χ2v) is 6.77. The molecule has 1 saturated carbocycles. The lowest BCUT2D eigenvalue weighted by molar-refractivity contribution is -0.112. The van der Waals surface area contributed by atoms with Crippen LogP contribution in [-0.2, 0) is 4.79 Å². The zero-order valence-electron chi connectivity index (χ0n) is 15.6. The number of hydrogen-bond donors (Lipinski definition) is 1. The number of benzene rings is 1. The minimum absolute atomic E-state index is 0.0882. The zero-order chi connectivity index (χ0) is 19.1. The number of nitrogens with zero attached hydrogens (tertiary/aromatic N) is 2. The van der Waals surface area contributed by atoms with Gasteiger partial charge in [0.15, 0.2) is 0 Å². The summed E-state index contributed by atoms with van der Waals surface area (Å²) in [4.78, 5) is 12.4. The van der Waals surface area contributed by atoms with Gasteiger partial charge in [-0.1, -0.05) is 19.3 Å². The fourth-order valence-corrected chi connectivity index (χ4v) is 3.44. The molecule has 1 aromatic carbocycles. The topological polar surface area (TPSA) is 67.0 Å². The minimum Gasteiger partial charge on any atom is -0.494 e. The molecule has 1 aliphatic carbocycles. The molecule has 0 radical (unpaired) electrons. The summed E-state index contributed by atoms with van der Waals surface area (Å²) in [5, 5.41) is 12.2. The molecule has 5 heteroatoms. The van der Waals surface area contributed by atoms with E-state index >= 15 is 0 Å². The highest BCUT2D eigenvalue weighted by molar-refractivity contribution is 6.09. The van der Waals surface area contributed by atoms with E-state index in [2.05, 4.69) is 9.88 Å². The van der Waals surface area contributed by atoms with E-state index in [1.54, 1.807) is 30.3 Å². The van der Waals surface area contributed by atoms with Gasteiger partial charge in [-0.3, -0.25) is 4.79 Å². The van der Waals surface area contributed by atoms with Crippen LogP contribution in [0.3, 0.4) is 0 Å². The second-order valence-electron chi connectivity index (χ2n) is 6.77. The van der Waals surface area contributed by atoms with Crippen LogP contribution in [0.2, 0.25) is 0 Å². The molecule has 140 valence electrons. The van der Waals surface area contributed by atoms with Gasteiger partial charge in [-0.05, 0) is 61.7 Å². The quantitative estimate of drug-likeness (QED) is 0.584. The molecule has 1 aliphatic rings. The molecule has 27 heavy (non-hydrogen) atoms. The van der Waals surface area contributed by atoms with E-state index in [1.165, 1.54) is 32.1 Å². The summed E-state index contributed by atoms with van der Waals surface area (Å²) < 4.78 is 7.60. The zero-order valence-corrected chi connectivity index (χ0v) is 15.6. The van der Waals surface area contributed by atoms with Crippen LogP contribution in [0, 0.1) is 11.3 Å². The van der Waals surface area contributed by atoms with Gasteiger partial charge in [0.2, 0.25) is 0 Å². The average molecular weight is 363 g/mol. The maximum Gasteiger partial charge on any atom is 0.266 e. The summed E-state index contributed by atoms with van der Waals surface area (Å²) in [6, 6.07) is 11.6. The first-order valence-corrected chi connectivity index (χ1v) is 9.53. The van der Waals surface area contributed by atoms with Crippen molar-refractivity contribution in [3.8, 4) is 11.8 Å². The molecule has 0 aliphatic heterocycles. The third kappa shape index (κ3) is 5.01. The van der Waals surface area contributed by atoms with Crippen LogP contribution >= 0.6 is 0 Å². The van der Waals surface area contributed by atoms with Crippen molar-refractivity contribution in [2.24, 2.45) is 0 Å². The van der Waals surface area contributed by atoms with E-state index in [0.717, 1.165) is 11.3 Å². The predicted octanol–water partition coefficient (Wildman–Crippen LogP) is 4.94. The second kappa shape index (κ2) is 9.09. The van der Waals surface area contributed by atoms with Gasteiger partial charge < -0.3 is 14.6 Å². The Balaban J connectivity index is 1.67. The van der Waals surface area contributed by atoms with Crippen LogP contribution in [0.1, 0.15) is 50.6 Å². The molecule has 0 atom stereocenters. The maximum absolute atomic E-state index is 12.4. The summed E-state index contributed by atoms with van der Waals surface area (Å²) in [7, 11) is 0. The van der Waals surface area contributed by atoms with Crippen molar-refractivity contribution >= 4 is 17.7 Å². The number of aromatic nitrogens is 1. The number of hydrogen-bond acceptors (Lipinski definition) is 3. The van der Waals surface area contributed by atoms with Gasteiger partial charge in [0.25, 0.3) is 5.91 Å². The van der Waals surface area contributed by atoms with E-state index in [-0.39, 0.29) is 5.57 Å². The first-order chi connectivity index (χ1) is 13.2. The Kier molecular flexibility index (Phi) is 6.32. The number of rotatable bonds is 6. The smallest absolute Gasteiger partial charge is 0.266 e. The standard InChI is InChI=1S/C22H25N3O2/c1-2-27-21-10-8-19(9-11-21)24-22(26)18(15-23)14-17-12-13-25(16-17)20-6-4-3-5-7-20/h8-14,16,20H,2-7H2,1H3,(H,24,26)/b18-14+. The molecule has 0 saturated heterocycles. The molecular formula is C22H25N3O2. The summed E-state index contributed by atoms with van der Waals surface area (Å²) in [6.07, 6.45) is 11.9. The fraction of sp³-hybridized carbons (Fsp3) is 0.364. The van der Waals surface area contributed by atoms with Crippen molar-refractivity contribution in [2.75, 3.05) is 11.9 Å². The molecule has 1 amide bonds. The fourth-order valence-electron chi connectivity index (χ4n) is 3.44. The van der Waals surface area contributed by atoms with E-state index in [9.17, 15) is 10.1 Å². The molecule has 1 N–H and O–H groups in total. The van der Waals surface area contributed by atoms with E-state index in [0.29, 0.717) is 18.3 Å². The molecule has 3 rings (SSSR count). The van der Waals surface area contributed by atoms with E-state index < -0.39 is 5.91 Å². The van der Waals surface area contributed by atoms with Gasteiger partial charge in [-0.2, -0.15) is 5.26 Å². The van der Waals surface area contributed by atoms with Crippen molar-refractivity contribution in [3.05, 3.63) is 53.9 Å². The van der Waals surface area contributed by atoms with Crippen molar-refractivity contribution in [1.29, 1.82) is 5.26 Å². The van der Waals surface area contributed by atoms with Gasteiger partial charge >= 0.3 is 0 Å². The average Bonchev–Trinajstić information content (AvgIpc) is 3.17. The number of nitriles is 1. The molecule has 1 fully saturated rings. The molecule has 0 bridgehead atoms. The van der Waals surface area contributed by atoms with Crippen molar-refractivity contribution < 1.29 is 9.53 Å². The van der Waals surface area contributed by atoms with Crippen LogP contribution in [0.25, 0.3) is 6.08 Å². The normalized spacial score (nSPS) is 15.2. The summed E-state index contributed by atoms with van der Waals surface area (Å²) >= 11 is 0. The first-order valence-electron chi connectivity index (χ1n) is 9.53.